The first kappa shape index (κ1) is 25.7. The standard InChI is InChI=1S/C29H39O3P/c1-5-6-9-14-23(27-21-24(30)22-28(27)32-29(2,3)4)19-20-33(31,25-15-10-7-11-16-25)26-17-12-8-13-18-26/h7-8,10-13,15-20,23,27-28H,5-6,9,14,21-22H2,1-4H3/b20-19+/t23-,27+,28-/m1/s1. The fraction of sp³-hybridized carbons (Fsp3) is 0.483. The van der Waals surface area contributed by atoms with Gasteiger partial charge in [-0.05, 0) is 44.8 Å². The highest BCUT2D eigenvalue weighted by molar-refractivity contribution is 7.81. The Morgan fingerprint density at radius 3 is 2.06 bits per heavy atom. The third-order valence-corrected chi connectivity index (χ3v) is 9.11. The Balaban J connectivity index is 1.97. The number of unbranched alkanes of at least 4 members (excludes halogenated alkanes) is 2. The maximum Gasteiger partial charge on any atom is 0.163 e. The van der Waals surface area contributed by atoms with Crippen LogP contribution in [0.2, 0.25) is 0 Å². The number of allylic oxidation sites excluding steroid dienone is 1. The molecule has 1 saturated carbocycles. The van der Waals surface area contributed by atoms with Gasteiger partial charge < -0.3 is 9.30 Å². The van der Waals surface area contributed by atoms with Gasteiger partial charge in [0, 0.05) is 23.5 Å². The minimum atomic E-state index is -2.94. The van der Waals surface area contributed by atoms with E-state index in [1.807, 2.05) is 87.3 Å². The van der Waals surface area contributed by atoms with Gasteiger partial charge in [0.25, 0.3) is 0 Å². The van der Waals surface area contributed by atoms with Crippen LogP contribution in [0.1, 0.15) is 66.2 Å². The second-order valence-electron chi connectivity index (χ2n) is 10.2. The Bertz CT molecular complexity index is 916. The molecule has 0 spiro atoms. The van der Waals surface area contributed by atoms with E-state index in [9.17, 15) is 9.36 Å². The Kier molecular flexibility index (Phi) is 8.90. The van der Waals surface area contributed by atoms with Gasteiger partial charge in [0.15, 0.2) is 7.14 Å². The van der Waals surface area contributed by atoms with Gasteiger partial charge in [0.2, 0.25) is 0 Å². The van der Waals surface area contributed by atoms with Crippen LogP contribution < -0.4 is 10.6 Å². The number of benzene rings is 2. The van der Waals surface area contributed by atoms with E-state index in [1.165, 1.54) is 0 Å². The predicted molar refractivity (Wildman–Crippen MR) is 139 cm³/mol. The lowest BCUT2D eigenvalue weighted by Crippen LogP contribution is -2.32. The van der Waals surface area contributed by atoms with Crippen molar-refractivity contribution in [3.8, 4) is 0 Å². The molecule has 0 amide bonds. The molecule has 178 valence electrons. The van der Waals surface area contributed by atoms with E-state index in [1.54, 1.807) is 0 Å². The van der Waals surface area contributed by atoms with Crippen molar-refractivity contribution in [3.63, 3.8) is 0 Å². The van der Waals surface area contributed by atoms with E-state index in [0.717, 1.165) is 36.3 Å². The summed E-state index contributed by atoms with van der Waals surface area (Å²) in [5, 5.41) is 1.68. The SMILES string of the molecule is CCCCC[C@H](/C=C/P(=O)(c1ccccc1)c1ccccc1)[C@@H]1CC(=O)C[C@H]1OC(C)(C)C. The van der Waals surface area contributed by atoms with E-state index in [4.69, 9.17) is 4.74 Å². The summed E-state index contributed by atoms with van der Waals surface area (Å²) in [5.74, 6) is 2.52. The molecule has 3 nitrogen and oxygen atoms in total. The normalized spacial score (nSPS) is 20.4. The zero-order chi connectivity index (χ0) is 23.9. The maximum absolute atomic E-state index is 14.5. The first-order chi connectivity index (χ1) is 15.7. The number of carbonyl (C=O) groups is 1. The largest absolute Gasteiger partial charge is 0.372 e. The molecule has 4 heteroatoms. The molecule has 0 aromatic heterocycles. The van der Waals surface area contributed by atoms with E-state index in [-0.39, 0.29) is 29.3 Å². The van der Waals surface area contributed by atoms with Gasteiger partial charge in [-0.25, -0.2) is 0 Å². The van der Waals surface area contributed by atoms with Gasteiger partial charge in [-0.1, -0.05) is 92.9 Å². The number of hydrogen-bond acceptors (Lipinski definition) is 3. The first-order valence-corrected chi connectivity index (χ1v) is 14.1. The molecule has 0 N–H and O–H groups in total. The highest BCUT2D eigenvalue weighted by atomic mass is 31.2. The van der Waals surface area contributed by atoms with Gasteiger partial charge in [0.1, 0.15) is 5.78 Å². The lowest BCUT2D eigenvalue weighted by molar-refractivity contribution is -0.119. The zero-order valence-corrected chi connectivity index (χ0v) is 21.5. The van der Waals surface area contributed by atoms with Gasteiger partial charge in [0.05, 0.1) is 11.7 Å². The second kappa shape index (κ2) is 11.4. The van der Waals surface area contributed by atoms with Crippen molar-refractivity contribution in [2.75, 3.05) is 0 Å². The van der Waals surface area contributed by atoms with Gasteiger partial charge in [-0.3, -0.25) is 4.79 Å². The maximum atomic E-state index is 14.5. The predicted octanol–water partition coefficient (Wildman–Crippen LogP) is 6.87. The van der Waals surface area contributed by atoms with Crippen molar-refractivity contribution in [3.05, 3.63) is 72.6 Å². The smallest absolute Gasteiger partial charge is 0.163 e. The van der Waals surface area contributed by atoms with E-state index in [2.05, 4.69) is 13.0 Å². The van der Waals surface area contributed by atoms with Crippen molar-refractivity contribution < 1.29 is 14.1 Å². The monoisotopic (exact) mass is 466 g/mol. The highest BCUT2D eigenvalue weighted by Gasteiger charge is 2.40. The molecule has 1 fully saturated rings. The number of ether oxygens (including phenoxy) is 1. The van der Waals surface area contributed by atoms with Crippen LogP contribution >= 0.6 is 7.14 Å². The molecule has 0 saturated heterocycles. The summed E-state index contributed by atoms with van der Waals surface area (Å²) in [6, 6.07) is 19.5. The number of hydrogen-bond donors (Lipinski definition) is 0. The Morgan fingerprint density at radius 1 is 0.970 bits per heavy atom. The van der Waals surface area contributed by atoms with Crippen LogP contribution in [0.3, 0.4) is 0 Å². The van der Waals surface area contributed by atoms with Crippen molar-refractivity contribution in [1.82, 2.24) is 0 Å². The molecule has 1 aliphatic carbocycles. The number of carbonyl (C=O) groups excluding carboxylic acids is 1. The summed E-state index contributed by atoms with van der Waals surface area (Å²) in [7, 11) is -2.94. The fourth-order valence-corrected chi connectivity index (χ4v) is 7.13. The van der Waals surface area contributed by atoms with Crippen molar-refractivity contribution in [2.45, 2.75) is 77.9 Å². The average molecular weight is 467 g/mol. The Labute approximate surface area is 200 Å². The Morgan fingerprint density at radius 2 is 1.55 bits per heavy atom. The molecule has 0 heterocycles. The molecule has 2 aromatic rings. The second-order valence-corrected chi connectivity index (χ2v) is 12.9. The Hall–Kier alpha value is -1.96. The fourth-order valence-electron chi connectivity index (χ4n) is 4.80. The molecular weight excluding hydrogens is 427 g/mol. The van der Waals surface area contributed by atoms with Crippen molar-refractivity contribution in [2.24, 2.45) is 11.8 Å². The molecular formula is C29H39O3P. The van der Waals surface area contributed by atoms with Crippen LogP contribution in [0.4, 0.5) is 0 Å². The summed E-state index contributed by atoms with van der Waals surface area (Å²) in [6.07, 6.45) is 7.48. The first-order valence-electron chi connectivity index (χ1n) is 12.3. The quantitative estimate of drug-likeness (QED) is 0.283. The third kappa shape index (κ3) is 7.01. The van der Waals surface area contributed by atoms with Crippen LogP contribution in [-0.4, -0.2) is 17.5 Å². The molecule has 0 aliphatic heterocycles. The number of rotatable bonds is 10. The van der Waals surface area contributed by atoms with Crippen LogP contribution in [0.25, 0.3) is 0 Å². The van der Waals surface area contributed by atoms with Gasteiger partial charge >= 0.3 is 0 Å². The third-order valence-electron chi connectivity index (χ3n) is 6.39. The van der Waals surface area contributed by atoms with Crippen LogP contribution in [0, 0.1) is 11.8 Å². The average Bonchev–Trinajstić information content (AvgIpc) is 3.15. The zero-order valence-electron chi connectivity index (χ0n) is 20.6. The summed E-state index contributed by atoms with van der Waals surface area (Å²) in [4.78, 5) is 12.5. The molecule has 3 rings (SSSR count). The lowest BCUT2D eigenvalue weighted by atomic mass is 9.85. The van der Waals surface area contributed by atoms with Crippen molar-refractivity contribution >= 4 is 23.5 Å². The highest BCUT2D eigenvalue weighted by Crippen LogP contribution is 2.47. The molecule has 0 bridgehead atoms. The van der Waals surface area contributed by atoms with Crippen LogP contribution in [0.15, 0.2) is 72.6 Å². The van der Waals surface area contributed by atoms with Crippen LogP contribution in [-0.2, 0) is 14.1 Å². The lowest BCUT2D eigenvalue weighted by Gasteiger charge is -2.32. The van der Waals surface area contributed by atoms with Gasteiger partial charge in [-0.2, -0.15) is 0 Å². The molecule has 33 heavy (non-hydrogen) atoms. The van der Waals surface area contributed by atoms with E-state index >= 15 is 0 Å². The number of Topliss-reactive ketones (excluding diaryl/α,β-unsaturated/α-hetero) is 1. The van der Waals surface area contributed by atoms with Crippen molar-refractivity contribution in [1.29, 1.82) is 0 Å². The number of ketones is 1. The molecule has 3 atom stereocenters. The summed E-state index contributed by atoms with van der Waals surface area (Å²) < 4.78 is 20.8. The van der Waals surface area contributed by atoms with Crippen LogP contribution in [0.5, 0.6) is 0 Å². The summed E-state index contributed by atoms with van der Waals surface area (Å²) in [6.45, 7) is 8.35. The minimum Gasteiger partial charge on any atom is -0.372 e. The van der Waals surface area contributed by atoms with E-state index in [0.29, 0.717) is 12.8 Å². The van der Waals surface area contributed by atoms with E-state index < -0.39 is 7.14 Å². The topological polar surface area (TPSA) is 43.4 Å². The minimum absolute atomic E-state index is 0.0818. The molecule has 2 aromatic carbocycles. The summed E-state index contributed by atoms with van der Waals surface area (Å²) in [5.41, 5.74) is -0.297. The molecule has 1 aliphatic rings. The molecule has 0 unspecified atom stereocenters. The summed E-state index contributed by atoms with van der Waals surface area (Å²) >= 11 is 0. The van der Waals surface area contributed by atoms with Gasteiger partial charge in [-0.15, -0.1) is 0 Å². The molecule has 0 radical (unpaired) electrons.